The van der Waals surface area contributed by atoms with Crippen molar-refractivity contribution in [2.45, 2.75) is 6.92 Å². The molecule has 0 atom stereocenters. The highest BCUT2D eigenvalue weighted by atomic mass is 16.6. The van der Waals surface area contributed by atoms with Crippen LogP contribution in [0.5, 0.6) is 0 Å². The molecule has 0 amide bonds. The minimum absolute atomic E-state index is 0.157. The van der Waals surface area contributed by atoms with Crippen LogP contribution in [0, 0.1) is 0 Å². The normalized spacial score (nSPS) is 10.9. The first-order valence-corrected chi connectivity index (χ1v) is 6.43. The van der Waals surface area contributed by atoms with E-state index in [-0.39, 0.29) is 19.8 Å². The van der Waals surface area contributed by atoms with Gasteiger partial charge in [0.15, 0.2) is 0 Å². The molecule has 0 aromatic carbocycles. The molecule has 0 bridgehead atoms. The summed E-state index contributed by atoms with van der Waals surface area (Å²) in [6, 6.07) is 0. The van der Waals surface area contributed by atoms with Crippen molar-refractivity contribution in [1.29, 1.82) is 0 Å². The smallest absolute Gasteiger partial charge is 0.336 e. The average molecular weight is 302 g/mol. The van der Waals surface area contributed by atoms with E-state index in [1.165, 1.54) is 13.4 Å². The molecule has 0 aliphatic heterocycles. The molecular weight excluding hydrogens is 280 g/mol. The van der Waals surface area contributed by atoms with E-state index in [1.54, 1.807) is 6.92 Å². The molecule has 0 unspecified atom stereocenters. The highest BCUT2D eigenvalue weighted by molar-refractivity contribution is 5.87. The maximum atomic E-state index is 11.3. The molecule has 0 aromatic rings. The van der Waals surface area contributed by atoms with Gasteiger partial charge in [-0.05, 0) is 6.92 Å². The Kier molecular flexibility index (Phi) is 12.0. The zero-order chi connectivity index (χ0) is 15.9. The van der Waals surface area contributed by atoms with Crippen LogP contribution in [0.1, 0.15) is 6.92 Å². The lowest BCUT2D eigenvalue weighted by atomic mass is 10.3. The second kappa shape index (κ2) is 13.1. The van der Waals surface area contributed by atoms with Crippen LogP contribution < -0.4 is 0 Å². The molecule has 0 aliphatic carbocycles. The first-order chi connectivity index (χ1) is 10.1. The minimum atomic E-state index is -0.477. The topological polar surface area (TPSA) is 80.3 Å². The number of ether oxygens (including phenoxy) is 5. The van der Waals surface area contributed by atoms with Gasteiger partial charge in [0.25, 0.3) is 0 Å². The Hall–Kier alpha value is -1.86. The van der Waals surface area contributed by atoms with Gasteiger partial charge in [-0.25, -0.2) is 9.59 Å². The molecular formula is C14H22O7. The third-order valence-corrected chi connectivity index (χ3v) is 2.09. The van der Waals surface area contributed by atoms with Crippen molar-refractivity contribution in [3.8, 4) is 0 Å². The van der Waals surface area contributed by atoms with E-state index in [9.17, 15) is 9.59 Å². The monoisotopic (exact) mass is 302 g/mol. The van der Waals surface area contributed by atoms with Gasteiger partial charge in [-0.1, -0.05) is 6.58 Å². The van der Waals surface area contributed by atoms with E-state index < -0.39 is 11.9 Å². The molecule has 120 valence electrons. The minimum Gasteiger partial charge on any atom is -0.504 e. The van der Waals surface area contributed by atoms with E-state index in [2.05, 4.69) is 6.58 Å². The maximum Gasteiger partial charge on any atom is 0.336 e. The van der Waals surface area contributed by atoms with Crippen molar-refractivity contribution in [2.24, 2.45) is 0 Å². The molecule has 21 heavy (non-hydrogen) atoms. The molecule has 0 aromatic heterocycles. The molecule has 0 radical (unpaired) electrons. The zero-order valence-corrected chi connectivity index (χ0v) is 12.5. The number of hydrogen-bond donors (Lipinski definition) is 0. The van der Waals surface area contributed by atoms with Crippen LogP contribution in [-0.4, -0.2) is 58.7 Å². The van der Waals surface area contributed by atoms with Gasteiger partial charge in [0.2, 0.25) is 0 Å². The molecule has 0 N–H and O–H groups in total. The largest absolute Gasteiger partial charge is 0.504 e. The van der Waals surface area contributed by atoms with Crippen LogP contribution in [-0.2, 0) is 33.3 Å². The molecule has 0 aliphatic rings. The van der Waals surface area contributed by atoms with Gasteiger partial charge in [0, 0.05) is 6.08 Å². The van der Waals surface area contributed by atoms with E-state index in [4.69, 9.17) is 23.7 Å². The average Bonchev–Trinajstić information content (AvgIpc) is 2.48. The molecule has 0 spiro atoms. The summed E-state index contributed by atoms with van der Waals surface area (Å²) in [6.45, 7) is 6.49. The predicted octanol–water partition coefficient (Wildman–Crippen LogP) is 0.842. The maximum absolute atomic E-state index is 11.3. The Morgan fingerprint density at radius 3 is 2.00 bits per heavy atom. The summed E-state index contributed by atoms with van der Waals surface area (Å²) in [4.78, 5) is 22.0. The lowest BCUT2D eigenvalue weighted by molar-refractivity contribution is -0.141. The summed E-state index contributed by atoms with van der Waals surface area (Å²) in [5.41, 5.74) is 0.384. The molecule has 7 nitrogen and oxygen atoms in total. The van der Waals surface area contributed by atoms with Crippen LogP contribution in [0.2, 0.25) is 0 Å². The quantitative estimate of drug-likeness (QED) is 0.229. The molecule has 7 heteroatoms. The fraction of sp³-hybridized carbons (Fsp3) is 0.571. The van der Waals surface area contributed by atoms with Crippen LogP contribution in [0.15, 0.2) is 24.5 Å². The standard InChI is InChI=1S/C14H22O7/c1-4-13(15)20-9-7-18-5-6-19-8-10-21-14(16)12(2)11-17-3/h4,11H,1,5-10H2,2-3H3. The number of rotatable bonds is 12. The van der Waals surface area contributed by atoms with Crippen molar-refractivity contribution in [3.63, 3.8) is 0 Å². The summed E-state index contributed by atoms with van der Waals surface area (Å²) in [5, 5.41) is 0. The van der Waals surface area contributed by atoms with Crippen LogP contribution in [0.3, 0.4) is 0 Å². The van der Waals surface area contributed by atoms with Gasteiger partial charge in [-0.15, -0.1) is 0 Å². The SMILES string of the molecule is C=CC(=O)OCCOCCOCCOC(=O)C(C)=COC. The first-order valence-electron chi connectivity index (χ1n) is 6.43. The van der Waals surface area contributed by atoms with E-state index in [1.807, 2.05) is 0 Å². The third kappa shape index (κ3) is 11.6. The fourth-order valence-electron chi connectivity index (χ4n) is 1.11. The van der Waals surface area contributed by atoms with Crippen molar-refractivity contribution < 1.29 is 33.3 Å². The van der Waals surface area contributed by atoms with E-state index in [0.29, 0.717) is 25.4 Å². The molecule has 0 saturated heterocycles. The van der Waals surface area contributed by atoms with Gasteiger partial charge in [-0.3, -0.25) is 0 Å². The Balaban J connectivity index is 3.33. The van der Waals surface area contributed by atoms with Crippen LogP contribution in [0.4, 0.5) is 0 Å². The summed E-state index contributed by atoms with van der Waals surface area (Å²) < 4.78 is 24.7. The fourth-order valence-corrected chi connectivity index (χ4v) is 1.11. The molecule has 0 heterocycles. The van der Waals surface area contributed by atoms with Crippen molar-refractivity contribution in [1.82, 2.24) is 0 Å². The van der Waals surface area contributed by atoms with Gasteiger partial charge in [-0.2, -0.15) is 0 Å². The summed E-state index contributed by atoms with van der Waals surface area (Å²) >= 11 is 0. The van der Waals surface area contributed by atoms with Gasteiger partial charge >= 0.3 is 11.9 Å². The number of esters is 2. The predicted molar refractivity (Wildman–Crippen MR) is 74.5 cm³/mol. The summed E-state index contributed by atoms with van der Waals surface area (Å²) in [6.07, 6.45) is 2.41. The number of carbonyl (C=O) groups excluding carboxylic acids is 2. The summed E-state index contributed by atoms with van der Waals surface area (Å²) in [7, 11) is 1.46. The van der Waals surface area contributed by atoms with Gasteiger partial charge < -0.3 is 23.7 Å². The van der Waals surface area contributed by atoms with E-state index >= 15 is 0 Å². The molecule has 0 fully saturated rings. The van der Waals surface area contributed by atoms with Crippen molar-refractivity contribution in [3.05, 3.63) is 24.5 Å². The Bertz CT molecular complexity index is 349. The summed E-state index contributed by atoms with van der Waals surface area (Å²) in [5.74, 6) is -0.921. The molecule has 0 saturated carbocycles. The van der Waals surface area contributed by atoms with Crippen LogP contribution >= 0.6 is 0 Å². The second-order valence-electron chi connectivity index (χ2n) is 3.77. The lowest BCUT2D eigenvalue weighted by Gasteiger charge is -2.07. The molecule has 0 rings (SSSR count). The third-order valence-electron chi connectivity index (χ3n) is 2.09. The Labute approximate surface area is 124 Å². The second-order valence-corrected chi connectivity index (χ2v) is 3.77. The number of methoxy groups -OCH3 is 1. The van der Waals surface area contributed by atoms with Gasteiger partial charge in [0.1, 0.15) is 13.2 Å². The zero-order valence-electron chi connectivity index (χ0n) is 12.5. The first kappa shape index (κ1) is 19.1. The number of carbonyl (C=O) groups is 2. The van der Waals surface area contributed by atoms with Gasteiger partial charge in [0.05, 0.1) is 45.4 Å². The Morgan fingerprint density at radius 2 is 1.48 bits per heavy atom. The highest BCUT2D eigenvalue weighted by Gasteiger charge is 2.05. The lowest BCUT2D eigenvalue weighted by Crippen LogP contribution is -2.15. The highest BCUT2D eigenvalue weighted by Crippen LogP contribution is 1.96. The van der Waals surface area contributed by atoms with Crippen LogP contribution in [0.25, 0.3) is 0 Å². The van der Waals surface area contributed by atoms with Crippen molar-refractivity contribution >= 4 is 11.9 Å². The van der Waals surface area contributed by atoms with E-state index in [0.717, 1.165) is 6.08 Å². The van der Waals surface area contributed by atoms with Crippen molar-refractivity contribution in [2.75, 3.05) is 46.8 Å². The Morgan fingerprint density at radius 1 is 0.952 bits per heavy atom. The number of hydrogen-bond acceptors (Lipinski definition) is 7.